The number of anilines is 2. The fourth-order valence-corrected chi connectivity index (χ4v) is 1.88. The van der Waals surface area contributed by atoms with Crippen molar-refractivity contribution in [3.63, 3.8) is 0 Å². The molecule has 0 bridgehead atoms. The van der Waals surface area contributed by atoms with E-state index in [9.17, 15) is 14.4 Å². The van der Waals surface area contributed by atoms with Crippen LogP contribution in [0, 0.1) is 6.92 Å². The third-order valence-corrected chi connectivity index (χ3v) is 3.02. The fraction of sp³-hybridized carbons (Fsp3) is 0.133. The van der Waals surface area contributed by atoms with E-state index in [0.29, 0.717) is 11.4 Å². The number of nitrogens with one attached hydrogen (secondary N) is 4. The monoisotopic (exact) mass is 316 g/mol. The first-order chi connectivity index (χ1) is 11.0. The lowest BCUT2D eigenvalue weighted by molar-refractivity contribution is -0.135. The van der Waals surface area contributed by atoms with E-state index in [-0.39, 0.29) is 11.3 Å². The van der Waals surface area contributed by atoms with Gasteiger partial charge in [0.05, 0.1) is 18.5 Å². The molecule has 8 heteroatoms. The Hall–Kier alpha value is -3.29. The zero-order chi connectivity index (χ0) is 16.8. The lowest BCUT2D eigenvalue weighted by atomic mass is 10.2. The second kappa shape index (κ2) is 7.12. The van der Waals surface area contributed by atoms with Crippen LogP contribution in [-0.2, 0) is 14.3 Å². The maximum absolute atomic E-state index is 11.9. The highest BCUT2D eigenvalue weighted by Crippen LogP contribution is 2.19. The molecule has 0 saturated carbocycles. The Morgan fingerprint density at radius 2 is 1.78 bits per heavy atom. The van der Waals surface area contributed by atoms with Gasteiger partial charge in [0.1, 0.15) is 5.56 Å². The van der Waals surface area contributed by atoms with E-state index in [0.717, 1.165) is 0 Å². The van der Waals surface area contributed by atoms with Crippen molar-refractivity contribution in [1.82, 2.24) is 10.4 Å². The van der Waals surface area contributed by atoms with Gasteiger partial charge in [-0.05, 0) is 19.1 Å². The number of hydrazine groups is 1. The largest absolute Gasteiger partial charge is 0.465 e. The molecule has 0 aliphatic heterocycles. The fourth-order valence-electron chi connectivity index (χ4n) is 1.88. The number of carbonyl (C=O) groups excluding carboxylic acids is 3. The van der Waals surface area contributed by atoms with Gasteiger partial charge in [-0.15, -0.1) is 0 Å². The van der Waals surface area contributed by atoms with Crippen LogP contribution in [0.3, 0.4) is 0 Å². The molecular weight excluding hydrogens is 300 g/mol. The Kier molecular flexibility index (Phi) is 4.98. The van der Waals surface area contributed by atoms with Gasteiger partial charge in [-0.3, -0.25) is 20.4 Å². The Bertz CT molecular complexity index is 724. The Morgan fingerprint density at radius 1 is 1.09 bits per heavy atom. The van der Waals surface area contributed by atoms with Gasteiger partial charge in [0.25, 0.3) is 0 Å². The van der Waals surface area contributed by atoms with Crippen LogP contribution in [0.4, 0.5) is 11.4 Å². The molecule has 4 N–H and O–H groups in total. The van der Waals surface area contributed by atoms with Crippen LogP contribution in [0.2, 0.25) is 0 Å². The molecule has 0 radical (unpaired) electrons. The molecule has 0 saturated heterocycles. The van der Waals surface area contributed by atoms with Gasteiger partial charge in [-0.2, -0.15) is 0 Å². The average molecular weight is 316 g/mol. The summed E-state index contributed by atoms with van der Waals surface area (Å²) < 4.78 is 4.64. The number of aromatic amines is 1. The molecule has 0 atom stereocenters. The van der Waals surface area contributed by atoms with Gasteiger partial charge in [0, 0.05) is 11.9 Å². The molecule has 2 amide bonds. The number of esters is 1. The number of hydrogen-bond donors (Lipinski definition) is 4. The van der Waals surface area contributed by atoms with E-state index in [2.05, 4.69) is 25.9 Å². The standard InChI is InChI=1S/C15H16N4O4/c1-9-12(15(22)23-2)11(8-16-9)17-13(20)14(21)19-18-10-6-4-3-5-7-10/h3-8,16,18H,1-2H3,(H,17,20)(H,19,21). The maximum atomic E-state index is 11.9. The molecule has 0 aliphatic rings. The van der Waals surface area contributed by atoms with Crippen molar-refractivity contribution in [3.05, 3.63) is 47.8 Å². The third-order valence-electron chi connectivity index (χ3n) is 3.02. The summed E-state index contributed by atoms with van der Waals surface area (Å²) in [5.41, 5.74) is 6.36. The van der Waals surface area contributed by atoms with Crippen molar-refractivity contribution in [2.75, 3.05) is 17.9 Å². The van der Waals surface area contributed by atoms with Gasteiger partial charge in [-0.1, -0.05) is 18.2 Å². The van der Waals surface area contributed by atoms with Crippen LogP contribution < -0.4 is 16.2 Å². The minimum atomic E-state index is -0.919. The number of ether oxygens (including phenoxy) is 1. The summed E-state index contributed by atoms with van der Waals surface area (Å²) in [5.74, 6) is -2.43. The normalized spacial score (nSPS) is 9.83. The summed E-state index contributed by atoms with van der Waals surface area (Å²) in [6.07, 6.45) is 1.41. The van der Waals surface area contributed by atoms with E-state index < -0.39 is 17.8 Å². The summed E-state index contributed by atoms with van der Waals surface area (Å²) in [6.45, 7) is 1.65. The van der Waals surface area contributed by atoms with Crippen LogP contribution >= 0.6 is 0 Å². The summed E-state index contributed by atoms with van der Waals surface area (Å²) in [6, 6.07) is 8.83. The zero-order valence-electron chi connectivity index (χ0n) is 12.6. The van der Waals surface area contributed by atoms with Gasteiger partial charge in [0.15, 0.2) is 0 Å². The highest BCUT2D eigenvalue weighted by Gasteiger charge is 2.21. The van der Waals surface area contributed by atoms with E-state index in [1.807, 2.05) is 6.07 Å². The van der Waals surface area contributed by atoms with E-state index >= 15 is 0 Å². The lowest BCUT2D eigenvalue weighted by Gasteiger charge is -2.09. The van der Waals surface area contributed by atoms with Gasteiger partial charge in [0.2, 0.25) is 0 Å². The highest BCUT2D eigenvalue weighted by atomic mass is 16.5. The smallest absolute Gasteiger partial charge is 0.341 e. The summed E-state index contributed by atoms with van der Waals surface area (Å²) in [5, 5.41) is 2.36. The summed E-state index contributed by atoms with van der Waals surface area (Å²) >= 11 is 0. The average Bonchev–Trinajstić information content (AvgIpc) is 2.93. The molecule has 0 spiro atoms. The van der Waals surface area contributed by atoms with E-state index in [4.69, 9.17) is 0 Å². The molecule has 0 unspecified atom stereocenters. The first kappa shape index (κ1) is 16.1. The Morgan fingerprint density at radius 3 is 2.43 bits per heavy atom. The topological polar surface area (TPSA) is 112 Å². The first-order valence-corrected chi connectivity index (χ1v) is 6.71. The van der Waals surface area contributed by atoms with Crippen molar-refractivity contribution in [2.24, 2.45) is 0 Å². The van der Waals surface area contributed by atoms with Crippen molar-refractivity contribution < 1.29 is 19.1 Å². The van der Waals surface area contributed by atoms with Crippen molar-refractivity contribution in [1.29, 1.82) is 0 Å². The quantitative estimate of drug-likeness (QED) is 0.384. The molecular formula is C15H16N4O4. The number of rotatable bonds is 4. The van der Waals surface area contributed by atoms with Crippen LogP contribution in [0.15, 0.2) is 36.5 Å². The van der Waals surface area contributed by atoms with Crippen LogP contribution in [0.25, 0.3) is 0 Å². The molecule has 1 aromatic heterocycles. The molecule has 1 aromatic carbocycles. The molecule has 0 fully saturated rings. The van der Waals surface area contributed by atoms with Crippen LogP contribution in [0.5, 0.6) is 0 Å². The predicted molar refractivity (Wildman–Crippen MR) is 83.7 cm³/mol. The molecule has 2 rings (SSSR count). The highest BCUT2D eigenvalue weighted by molar-refractivity contribution is 6.40. The van der Waals surface area contributed by atoms with Crippen LogP contribution in [-0.4, -0.2) is 29.9 Å². The minimum absolute atomic E-state index is 0.171. The first-order valence-electron chi connectivity index (χ1n) is 6.71. The predicted octanol–water partition coefficient (Wildman–Crippen LogP) is 1.19. The number of aromatic nitrogens is 1. The van der Waals surface area contributed by atoms with Crippen molar-refractivity contribution in [3.8, 4) is 0 Å². The Labute approximate surface area is 132 Å². The van der Waals surface area contributed by atoms with E-state index in [1.54, 1.807) is 31.2 Å². The summed E-state index contributed by atoms with van der Waals surface area (Å²) in [7, 11) is 1.23. The number of aryl methyl sites for hydroxylation is 1. The Balaban J connectivity index is 1.99. The molecule has 23 heavy (non-hydrogen) atoms. The maximum Gasteiger partial charge on any atom is 0.341 e. The second-order valence-electron chi connectivity index (χ2n) is 4.59. The number of H-pyrrole nitrogens is 1. The van der Waals surface area contributed by atoms with E-state index in [1.165, 1.54) is 13.3 Å². The molecule has 120 valence electrons. The van der Waals surface area contributed by atoms with Crippen molar-refractivity contribution in [2.45, 2.75) is 6.92 Å². The molecule has 8 nitrogen and oxygen atoms in total. The SMILES string of the molecule is COC(=O)c1c(NC(=O)C(=O)NNc2ccccc2)c[nH]c1C. The number of hydrogen-bond acceptors (Lipinski definition) is 5. The number of carbonyl (C=O) groups is 3. The van der Waals surface area contributed by atoms with Crippen molar-refractivity contribution >= 4 is 29.2 Å². The lowest BCUT2D eigenvalue weighted by Crippen LogP contribution is -2.38. The minimum Gasteiger partial charge on any atom is -0.465 e. The number of amides is 2. The molecule has 0 aliphatic carbocycles. The second-order valence-corrected chi connectivity index (χ2v) is 4.59. The number of para-hydroxylation sites is 1. The zero-order valence-corrected chi connectivity index (χ0v) is 12.6. The van der Waals surface area contributed by atoms with Crippen LogP contribution in [0.1, 0.15) is 16.1 Å². The summed E-state index contributed by atoms with van der Waals surface area (Å²) in [4.78, 5) is 38.1. The van der Waals surface area contributed by atoms with Gasteiger partial charge in [-0.25, -0.2) is 4.79 Å². The van der Waals surface area contributed by atoms with Gasteiger partial charge >= 0.3 is 17.8 Å². The third kappa shape index (κ3) is 3.88. The van der Waals surface area contributed by atoms with Gasteiger partial charge < -0.3 is 15.0 Å². The molecule has 1 heterocycles. The number of methoxy groups -OCH3 is 1. The molecule has 2 aromatic rings. The number of benzene rings is 1.